The highest BCUT2D eigenvalue weighted by Gasteiger charge is 2.30. The number of piperidine rings is 1. The number of carbonyl (C=O) groups excluding carboxylic acids is 2. The molecule has 1 saturated carbocycles. The molecule has 1 aromatic heterocycles. The number of nitrogens with one attached hydrogen (secondary N) is 1. The van der Waals surface area contributed by atoms with E-state index in [-0.39, 0.29) is 17.9 Å². The summed E-state index contributed by atoms with van der Waals surface area (Å²) in [5, 5.41) is 7.50. The van der Waals surface area contributed by atoms with Crippen molar-refractivity contribution in [2.75, 3.05) is 18.4 Å². The Morgan fingerprint density at radius 1 is 0.967 bits per heavy atom. The number of hydrogen-bond donors (Lipinski definition) is 1. The molecule has 0 bridgehead atoms. The third-order valence-electron chi connectivity index (χ3n) is 6.63. The van der Waals surface area contributed by atoms with Crippen LogP contribution in [0.1, 0.15) is 73.3 Å². The van der Waals surface area contributed by atoms with Crippen LogP contribution in [0.3, 0.4) is 0 Å². The number of anilines is 1. The van der Waals surface area contributed by atoms with Gasteiger partial charge in [0.05, 0.1) is 12.2 Å². The van der Waals surface area contributed by atoms with E-state index in [1.165, 1.54) is 25.7 Å². The zero-order chi connectivity index (χ0) is 20.9. The normalized spacial score (nSPS) is 18.8. The van der Waals surface area contributed by atoms with Gasteiger partial charge in [0.25, 0.3) is 5.91 Å². The van der Waals surface area contributed by atoms with Gasteiger partial charge in [-0.15, -0.1) is 0 Å². The zero-order valence-electron chi connectivity index (χ0n) is 17.8. The maximum Gasteiger partial charge on any atom is 0.257 e. The molecule has 0 unspecified atom stereocenters. The standard InChI is InChI=1S/C24H32N4O2/c1-18-8-6-7-11-21(18)23(29)26-22-12-15-25-28(22)20-13-16-27(17-14-20)24(30)19-9-4-2-3-5-10-19/h6-8,11-12,15,19-20H,2-5,9-10,13-14,16-17H2,1H3,(H,26,29). The molecule has 160 valence electrons. The second-order valence-corrected chi connectivity index (χ2v) is 8.68. The second kappa shape index (κ2) is 9.45. The topological polar surface area (TPSA) is 67.2 Å². The number of amides is 2. The van der Waals surface area contributed by atoms with Gasteiger partial charge in [-0.2, -0.15) is 5.10 Å². The van der Waals surface area contributed by atoms with Crippen LogP contribution in [0.2, 0.25) is 0 Å². The van der Waals surface area contributed by atoms with Gasteiger partial charge < -0.3 is 10.2 Å². The molecule has 0 radical (unpaired) electrons. The van der Waals surface area contributed by atoms with E-state index in [0.29, 0.717) is 11.5 Å². The molecule has 2 fully saturated rings. The highest BCUT2D eigenvalue weighted by Crippen LogP contribution is 2.29. The summed E-state index contributed by atoms with van der Waals surface area (Å²) in [6.45, 7) is 3.48. The number of likely N-dealkylation sites (tertiary alicyclic amines) is 1. The Morgan fingerprint density at radius 3 is 2.37 bits per heavy atom. The van der Waals surface area contributed by atoms with E-state index in [9.17, 15) is 9.59 Å². The predicted octanol–water partition coefficient (Wildman–Crippen LogP) is 4.58. The van der Waals surface area contributed by atoms with Crippen LogP contribution >= 0.6 is 0 Å². The van der Waals surface area contributed by atoms with E-state index < -0.39 is 0 Å². The first kappa shape index (κ1) is 20.6. The maximum absolute atomic E-state index is 12.9. The summed E-state index contributed by atoms with van der Waals surface area (Å²) in [6, 6.07) is 9.63. The van der Waals surface area contributed by atoms with Gasteiger partial charge in [-0.1, -0.05) is 43.9 Å². The van der Waals surface area contributed by atoms with E-state index in [2.05, 4.69) is 15.3 Å². The van der Waals surface area contributed by atoms with Crippen molar-refractivity contribution in [2.24, 2.45) is 5.92 Å². The van der Waals surface area contributed by atoms with Crippen LogP contribution in [-0.4, -0.2) is 39.6 Å². The molecule has 0 spiro atoms. The average molecular weight is 409 g/mol. The molecule has 1 aliphatic carbocycles. The summed E-state index contributed by atoms with van der Waals surface area (Å²) >= 11 is 0. The van der Waals surface area contributed by atoms with Crippen LogP contribution in [0.25, 0.3) is 0 Å². The van der Waals surface area contributed by atoms with Crippen LogP contribution in [0.5, 0.6) is 0 Å². The quantitative estimate of drug-likeness (QED) is 0.753. The molecule has 6 nitrogen and oxygen atoms in total. The molecule has 1 N–H and O–H groups in total. The van der Waals surface area contributed by atoms with Gasteiger partial charge in [-0.3, -0.25) is 9.59 Å². The summed E-state index contributed by atoms with van der Waals surface area (Å²) in [7, 11) is 0. The van der Waals surface area contributed by atoms with Crippen molar-refractivity contribution in [1.82, 2.24) is 14.7 Å². The molecule has 2 aromatic rings. The van der Waals surface area contributed by atoms with E-state index in [0.717, 1.165) is 50.2 Å². The van der Waals surface area contributed by atoms with Crippen LogP contribution in [0.15, 0.2) is 36.5 Å². The first-order valence-electron chi connectivity index (χ1n) is 11.3. The fourth-order valence-corrected chi connectivity index (χ4v) is 4.83. The smallest absolute Gasteiger partial charge is 0.257 e. The number of carbonyl (C=O) groups is 2. The summed E-state index contributed by atoms with van der Waals surface area (Å²) in [5.41, 5.74) is 1.63. The minimum atomic E-state index is -0.115. The molecule has 30 heavy (non-hydrogen) atoms. The van der Waals surface area contributed by atoms with Crippen LogP contribution < -0.4 is 5.32 Å². The molecule has 2 aliphatic rings. The van der Waals surface area contributed by atoms with E-state index in [1.807, 2.05) is 41.9 Å². The van der Waals surface area contributed by atoms with Gasteiger partial charge in [0.1, 0.15) is 5.82 Å². The molecule has 2 amide bonds. The number of benzene rings is 1. The lowest BCUT2D eigenvalue weighted by molar-refractivity contribution is -0.137. The largest absolute Gasteiger partial charge is 0.342 e. The minimum absolute atomic E-state index is 0.115. The van der Waals surface area contributed by atoms with Gasteiger partial charge in [0.15, 0.2) is 0 Å². The van der Waals surface area contributed by atoms with Gasteiger partial charge >= 0.3 is 0 Å². The third-order valence-corrected chi connectivity index (χ3v) is 6.63. The Kier molecular flexibility index (Phi) is 6.50. The lowest BCUT2D eigenvalue weighted by Gasteiger charge is -2.34. The van der Waals surface area contributed by atoms with Gasteiger partial charge in [-0.05, 0) is 44.2 Å². The minimum Gasteiger partial charge on any atom is -0.342 e. The molecule has 1 aliphatic heterocycles. The predicted molar refractivity (Wildman–Crippen MR) is 117 cm³/mol. The highest BCUT2D eigenvalue weighted by molar-refractivity contribution is 6.04. The van der Waals surface area contributed by atoms with Crippen molar-refractivity contribution in [1.29, 1.82) is 0 Å². The second-order valence-electron chi connectivity index (χ2n) is 8.68. The van der Waals surface area contributed by atoms with Crippen molar-refractivity contribution >= 4 is 17.6 Å². The number of rotatable bonds is 4. The fraction of sp³-hybridized carbons (Fsp3) is 0.542. The lowest BCUT2D eigenvalue weighted by Crippen LogP contribution is -2.42. The SMILES string of the molecule is Cc1ccccc1C(=O)Nc1ccnn1C1CCN(C(=O)C2CCCCCC2)CC1. The average Bonchev–Trinajstić information content (AvgIpc) is 3.05. The highest BCUT2D eigenvalue weighted by atomic mass is 16.2. The summed E-state index contributed by atoms with van der Waals surface area (Å²) in [5.74, 6) is 1.18. The molecule has 1 saturated heterocycles. The van der Waals surface area contributed by atoms with Gasteiger partial charge in [0.2, 0.25) is 5.91 Å². The summed E-state index contributed by atoms with van der Waals surface area (Å²) < 4.78 is 1.92. The third kappa shape index (κ3) is 4.58. The van der Waals surface area contributed by atoms with Crippen molar-refractivity contribution in [2.45, 2.75) is 64.3 Å². The van der Waals surface area contributed by atoms with Crippen LogP contribution in [0.4, 0.5) is 5.82 Å². The number of nitrogens with zero attached hydrogens (tertiary/aromatic N) is 3. The van der Waals surface area contributed by atoms with Crippen LogP contribution in [0, 0.1) is 12.8 Å². The Balaban J connectivity index is 1.36. The molecule has 2 heterocycles. The first-order chi connectivity index (χ1) is 14.6. The Morgan fingerprint density at radius 2 is 1.67 bits per heavy atom. The van der Waals surface area contributed by atoms with E-state index >= 15 is 0 Å². The zero-order valence-corrected chi connectivity index (χ0v) is 17.8. The molecule has 0 atom stereocenters. The van der Waals surface area contributed by atoms with Crippen molar-refractivity contribution in [3.8, 4) is 0 Å². The summed E-state index contributed by atoms with van der Waals surface area (Å²) in [4.78, 5) is 27.7. The van der Waals surface area contributed by atoms with Crippen LogP contribution in [-0.2, 0) is 4.79 Å². The number of aryl methyl sites for hydroxylation is 1. The van der Waals surface area contributed by atoms with E-state index in [4.69, 9.17) is 0 Å². The summed E-state index contributed by atoms with van der Waals surface area (Å²) in [6.07, 6.45) is 10.5. The fourth-order valence-electron chi connectivity index (χ4n) is 4.83. The first-order valence-corrected chi connectivity index (χ1v) is 11.3. The van der Waals surface area contributed by atoms with Crippen molar-refractivity contribution in [3.63, 3.8) is 0 Å². The van der Waals surface area contributed by atoms with Gasteiger partial charge in [-0.25, -0.2) is 4.68 Å². The molecular formula is C24H32N4O2. The molecule has 4 rings (SSSR count). The Hall–Kier alpha value is -2.63. The molecular weight excluding hydrogens is 376 g/mol. The maximum atomic E-state index is 12.9. The monoisotopic (exact) mass is 408 g/mol. The number of aromatic nitrogens is 2. The number of hydrogen-bond acceptors (Lipinski definition) is 3. The van der Waals surface area contributed by atoms with E-state index in [1.54, 1.807) is 6.20 Å². The van der Waals surface area contributed by atoms with Crippen molar-refractivity contribution < 1.29 is 9.59 Å². The molecule has 6 heteroatoms. The Bertz CT molecular complexity index is 875. The van der Waals surface area contributed by atoms with Gasteiger partial charge in [0, 0.05) is 30.6 Å². The van der Waals surface area contributed by atoms with Crippen molar-refractivity contribution in [3.05, 3.63) is 47.7 Å². The molecule has 1 aromatic carbocycles. The lowest BCUT2D eigenvalue weighted by atomic mass is 9.96. The Labute approximate surface area is 178 Å².